The molecule has 0 saturated heterocycles. The minimum Gasteiger partial charge on any atom is -0.512 e. The molecule has 0 amide bonds. The number of aliphatic hydroxyl groups is 1. The van der Waals surface area contributed by atoms with Crippen LogP contribution in [0.2, 0.25) is 0 Å². The molecule has 0 fully saturated rings. The van der Waals surface area contributed by atoms with Gasteiger partial charge in [-0.3, -0.25) is 0 Å². The minimum absolute atomic E-state index is 0.0567. The molecular formula is C7H10O4. The summed E-state index contributed by atoms with van der Waals surface area (Å²) in [5.41, 5.74) is 0. The number of allylic oxidation sites excluding steroid dienone is 1. The molecule has 0 bridgehead atoms. The van der Waals surface area contributed by atoms with Crippen LogP contribution < -0.4 is 0 Å². The summed E-state index contributed by atoms with van der Waals surface area (Å²) in [5, 5.41) is 16.9. The highest BCUT2D eigenvalue weighted by Gasteiger charge is 1.93. The Morgan fingerprint density at radius 3 is 2.64 bits per heavy atom. The van der Waals surface area contributed by atoms with E-state index in [1.54, 1.807) is 0 Å². The quantitative estimate of drug-likeness (QED) is 0.371. The highest BCUT2D eigenvalue weighted by molar-refractivity contribution is 5.56. The lowest BCUT2D eigenvalue weighted by Gasteiger charge is -1.95. The second-order valence-corrected chi connectivity index (χ2v) is 1.77. The van der Waals surface area contributed by atoms with Gasteiger partial charge in [0.15, 0.2) is 0 Å². The monoisotopic (exact) mass is 158 g/mol. The molecular weight excluding hydrogens is 148 g/mol. The minimum atomic E-state index is -1.35. The first-order chi connectivity index (χ1) is 5.16. The van der Waals surface area contributed by atoms with E-state index in [4.69, 9.17) is 10.2 Å². The molecule has 0 aromatic heterocycles. The number of carbonyl (C=O) groups is 1. The van der Waals surface area contributed by atoms with Gasteiger partial charge in [0, 0.05) is 6.42 Å². The topological polar surface area (TPSA) is 66.8 Å². The van der Waals surface area contributed by atoms with E-state index in [-0.39, 0.29) is 12.4 Å². The van der Waals surface area contributed by atoms with Gasteiger partial charge in [0.1, 0.15) is 6.61 Å². The molecule has 0 aliphatic heterocycles. The third-order valence-electron chi connectivity index (χ3n) is 0.879. The fraction of sp³-hybridized carbons (Fsp3) is 0.286. The standard InChI is InChI=1S/C7H10O4/c1-2-3-6(8)4-5-11-7(9)10/h2,4,8H,1,3,5H2,(H,9,10). The van der Waals surface area contributed by atoms with Crippen molar-refractivity contribution in [2.45, 2.75) is 6.42 Å². The van der Waals surface area contributed by atoms with E-state index in [0.29, 0.717) is 6.42 Å². The van der Waals surface area contributed by atoms with Crippen molar-refractivity contribution in [2.24, 2.45) is 0 Å². The predicted molar refractivity (Wildman–Crippen MR) is 39.5 cm³/mol. The van der Waals surface area contributed by atoms with Gasteiger partial charge in [-0.1, -0.05) is 6.08 Å². The first-order valence-corrected chi connectivity index (χ1v) is 3.01. The van der Waals surface area contributed by atoms with Crippen LogP contribution in [0.4, 0.5) is 4.79 Å². The zero-order valence-electron chi connectivity index (χ0n) is 5.99. The normalized spacial score (nSPS) is 10.7. The Morgan fingerprint density at radius 1 is 1.55 bits per heavy atom. The van der Waals surface area contributed by atoms with E-state index < -0.39 is 6.16 Å². The van der Waals surface area contributed by atoms with Crippen molar-refractivity contribution in [3.63, 3.8) is 0 Å². The molecule has 2 N–H and O–H groups in total. The van der Waals surface area contributed by atoms with Gasteiger partial charge in [0.2, 0.25) is 0 Å². The summed E-state index contributed by atoms with van der Waals surface area (Å²) in [4.78, 5) is 9.79. The lowest BCUT2D eigenvalue weighted by Crippen LogP contribution is -1.99. The van der Waals surface area contributed by atoms with Crippen LogP contribution in [-0.4, -0.2) is 23.0 Å². The van der Waals surface area contributed by atoms with Crippen LogP contribution in [0.5, 0.6) is 0 Å². The second kappa shape index (κ2) is 5.34. The van der Waals surface area contributed by atoms with Crippen LogP contribution in [0.1, 0.15) is 6.42 Å². The fourth-order valence-corrected chi connectivity index (χ4v) is 0.440. The van der Waals surface area contributed by atoms with Crippen LogP contribution in [0.15, 0.2) is 24.5 Å². The van der Waals surface area contributed by atoms with Gasteiger partial charge in [-0.15, -0.1) is 6.58 Å². The van der Waals surface area contributed by atoms with Crippen molar-refractivity contribution in [1.82, 2.24) is 0 Å². The molecule has 4 nitrogen and oxygen atoms in total. The van der Waals surface area contributed by atoms with Crippen molar-refractivity contribution in [3.05, 3.63) is 24.5 Å². The Bertz CT molecular complexity index is 171. The average Bonchev–Trinajstić information content (AvgIpc) is 1.87. The Balaban J connectivity index is 3.55. The Kier molecular flexibility index (Phi) is 4.64. The Labute approximate surface area is 64.4 Å². The van der Waals surface area contributed by atoms with Gasteiger partial charge in [-0.25, -0.2) is 4.79 Å². The zero-order chi connectivity index (χ0) is 8.69. The number of rotatable bonds is 4. The van der Waals surface area contributed by atoms with E-state index in [2.05, 4.69) is 11.3 Å². The summed E-state index contributed by atoms with van der Waals surface area (Å²) in [6, 6.07) is 0. The lowest BCUT2D eigenvalue weighted by molar-refractivity contribution is 0.101. The van der Waals surface area contributed by atoms with Gasteiger partial charge in [-0.05, 0) is 6.08 Å². The highest BCUT2D eigenvalue weighted by atomic mass is 16.7. The summed E-state index contributed by atoms with van der Waals surface area (Å²) >= 11 is 0. The summed E-state index contributed by atoms with van der Waals surface area (Å²) in [5.74, 6) is 0.0567. The molecule has 0 atom stereocenters. The molecule has 62 valence electrons. The molecule has 0 heterocycles. The summed E-state index contributed by atoms with van der Waals surface area (Å²) in [6.07, 6.45) is 1.75. The number of hydrogen-bond acceptors (Lipinski definition) is 3. The lowest BCUT2D eigenvalue weighted by atomic mass is 10.3. The molecule has 0 radical (unpaired) electrons. The van der Waals surface area contributed by atoms with Gasteiger partial charge in [0.05, 0.1) is 5.76 Å². The average molecular weight is 158 g/mol. The number of ether oxygens (including phenoxy) is 1. The first-order valence-electron chi connectivity index (χ1n) is 3.01. The molecule has 0 unspecified atom stereocenters. The van der Waals surface area contributed by atoms with Crippen LogP contribution >= 0.6 is 0 Å². The number of aliphatic hydroxyl groups excluding tert-OH is 1. The van der Waals surface area contributed by atoms with Crippen molar-refractivity contribution < 1.29 is 19.7 Å². The Morgan fingerprint density at radius 2 is 2.18 bits per heavy atom. The van der Waals surface area contributed by atoms with Crippen LogP contribution in [0.25, 0.3) is 0 Å². The summed E-state index contributed by atoms with van der Waals surface area (Å²) in [7, 11) is 0. The predicted octanol–water partition coefficient (Wildman–Crippen LogP) is 1.70. The highest BCUT2D eigenvalue weighted by Crippen LogP contribution is 1.95. The molecule has 0 aromatic carbocycles. The number of hydrogen-bond donors (Lipinski definition) is 2. The second-order valence-electron chi connectivity index (χ2n) is 1.77. The zero-order valence-corrected chi connectivity index (χ0v) is 5.99. The molecule has 0 rings (SSSR count). The molecule has 0 aliphatic rings. The van der Waals surface area contributed by atoms with Gasteiger partial charge in [0.25, 0.3) is 0 Å². The van der Waals surface area contributed by atoms with E-state index in [9.17, 15) is 4.79 Å². The van der Waals surface area contributed by atoms with Gasteiger partial charge < -0.3 is 14.9 Å². The van der Waals surface area contributed by atoms with E-state index in [1.165, 1.54) is 12.2 Å². The molecule has 4 heteroatoms. The molecule has 0 aromatic rings. The third kappa shape index (κ3) is 6.44. The molecule has 0 saturated carbocycles. The van der Waals surface area contributed by atoms with Crippen molar-refractivity contribution in [2.75, 3.05) is 6.61 Å². The largest absolute Gasteiger partial charge is 0.512 e. The fourth-order valence-electron chi connectivity index (χ4n) is 0.440. The molecule has 0 spiro atoms. The van der Waals surface area contributed by atoms with E-state index in [1.807, 2.05) is 0 Å². The van der Waals surface area contributed by atoms with Crippen LogP contribution in [0, 0.1) is 0 Å². The maximum atomic E-state index is 9.79. The van der Waals surface area contributed by atoms with Crippen molar-refractivity contribution >= 4 is 6.16 Å². The number of carboxylic acid groups (broad SMARTS) is 1. The molecule has 0 aliphatic carbocycles. The Hall–Kier alpha value is -1.45. The summed E-state index contributed by atoms with van der Waals surface area (Å²) < 4.78 is 4.10. The maximum absolute atomic E-state index is 9.79. The SMILES string of the molecule is C=CCC(O)=CCOC(=O)O. The van der Waals surface area contributed by atoms with Crippen molar-refractivity contribution in [3.8, 4) is 0 Å². The van der Waals surface area contributed by atoms with Gasteiger partial charge in [-0.2, -0.15) is 0 Å². The van der Waals surface area contributed by atoms with Crippen LogP contribution in [0.3, 0.4) is 0 Å². The summed E-state index contributed by atoms with van der Waals surface area (Å²) in [6.45, 7) is 3.26. The maximum Gasteiger partial charge on any atom is 0.506 e. The van der Waals surface area contributed by atoms with E-state index >= 15 is 0 Å². The smallest absolute Gasteiger partial charge is 0.506 e. The first kappa shape index (κ1) is 9.55. The third-order valence-corrected chi connectivity index (χ3v) is 0.879. The van der Waals surface area contributed by atoms with E-state index in [0.717, 1.165) is 0 Å². The van der Waals surface area contributed by atoms with Crippen molar-refractivity contribution in [1.29, 1.82) is 0 Å². The van der Waals surface area contributed by atoms with Crippen LogP contribution in [-0.2, 0) is 4.74 Å². The molecule has 11 heavy (non-hydrogen) atoms. The van der Waals surface area contributed by atoms with Gasteiger partial charge >= 0.3 is 6.16 Å².